The zero-order chi connectivity index (χ0) is 33.0. The zero-order valence-corrected chi connectivity index (χ0v) is 27.7. The number of hydrogen-bond donors (Lipinski definition) is 7. The van der Waals surface area contributed by atoms with Gasteiger partial charge in [-0.1, -0.05) is 6.07 Å². The standard InChI is InChI=1S/C31H36N6O8.2ClH/c1-36(2)19-11-18(35-20(38)13-33-12-15-7-5-6-8-34-15)25(39)22-16(19)9-14-10-17-24(37(3)4)27(41)23(30(32)44)29(43)31(17,45)28(42)21(14)26(22)40;;/h5-8,11,14,17,24,33,39-40,43,45H,9-10,12-13H2,1-4H3,(H2,32,44)(H,35,38);2*1H/t14?,17?,24-,31-;;/m0../s1. The van der Waals surface area contributed by atoms with Gasteiger partial charge in [0, 0.05) is 44.0 Å². The Hall–Kier alpha value is -4.21. The summed E-state index contributed by atoms with van der Waals surface area (Å²) in [6, 6.07) is 5.78. The van der Waals surface area contributed by atoms with Crippen molar-refractivity contribution in [3.8, 4) is 5.75 Å². The number of halogens is 2. The van der Waals surface area contributed by atoms with E-state index in [2.05, 4.69) is 15.6 Å². The molecule has 0 radical (unpaired) electrons. The first-order chi connectivity index (χ1) is 21.2. The SMILES string of the molecule is CN(C)c1cc(NC(=O)CNCc2ccccn2)c(O)c2c1CC1CC3[C@H](N(C)C)C(=O)C(C(N)=O)=C(O)[C@@]3(O)C(=O)C1=C2O.Cl.Cl. The minimum atomic E-state index is -2.74. The van der Waals surface area contributed by atoms with E-state index in [1.807, 2.05) is 6.07 Å². The highest BCUT2D eigenvalue weighted by molar-refractivity contribution is 6.24. The molecule has 0 spiro atoms. The molecule has 0 aliphatic heterocycles. The molecule has 4 atom stereocenters. The Morgan fingerprint density at radius 2 is 1.79 bits per heavy atom. The average molecular weight is 694 g/mol. The molecule has 14 nitrogen and oxygen atoms in total. The van der Waals surface area contributed by atoms with E-state index in [0.29, 0.717) is 17.8 Å². The van der Waals surface area contributed by atoms with E-state index >= 15 is 0 Å². The van der Waals surface area contributed by atoms with Crippen molar-refractivity contribution in [2.45, 2.75) is 31.0 Å². The molecule has 8 N–H and O–H groups in total. The predicted molar refractivity (Wildman–Crippen MR) is 178 cm³/mol. The first-order valence-corrected chi connectivity index (χ1v) is 14.3. The fourth-order valence-corrected chi connectivity index (χ4v) is 6.79. The third kappa shape index (κ3) is 6.14. The number of nitrogens with two attached hydrogens (primary N) is 1. The van der Waals surface area contributed by atoms with Gasteiger partial charge < -0.3 is 41.7 Å². The third-order valence-corrected chi connectivity index (χ3v) is 8.77. The van der Waals surface area contributed by atoms with E-state index in [-0.39, 0.29) is 61.0 Å². The highest BCUT2D eigenvalue weighted by atomic mass is 35.5. The van der Waals surface area contributed by atoms with Crippen LogP contribution in [0.3, 0.4) is 0 Å². The van der Waals surface area contributed by atoms with Crippen molar-refractivity contribution >= 4 is 65.3 Å². The van der Waals surface area contributed by atoms with Gasteiger partial charge in [-0.3, -0.25) is 29.1 Å². The summed E-state index contributed by atoms with van der Waals surface area (Å²) in [4.78, 5) is 59.7. The number of aliphatic hydroxyl groups is 3. The number of phenolic OH excluding ortho intramolecular Hbond substituents is 1. The smallest absolute Gasteiger partial charge is 0.255 e. The number of nitrogens with zero attached hydrogens (tertiary/aromatic N) is 3. The van der Waals surface area contributed by atoms with Gasteiger partial charge in [0.15, 0.2) is 11.4 Å². The van der Waals surface area contributed by atoms with Crippen LogP contribution in [0.2, 0.25) is 0 Å². The van der Waals surface area contributed by atoms with Crippen LogP contribution in [-0.2, 0) is 32.1 Å². The van der Waals surface area contributed by atoms with Gasteiger partial charge in [-0.25, -0.2) is 0 Å². The van der Waals surface area contributed by atoms with Crippen LogP contribution < -0.4 is 21.3 Å². The molecule has 1 fully saturated rings. The van der Waals surface area contributed by atoms with E-state index < -0.39 is 69.7 Å². The topological polar surface area (TPSA) is 219 Å². The van der Waals surface area contributed by atoms with Gasteiger partial charge in [0.1, 0.15) is 22.8 Å². The van der Waals surface area contributed by atoms with Crippen molar-refractivity contribution in [2.24, 2.45) is 17.6 Å². The van der Waals surface area contributed by atoms with Gasteiger partial charge in [0.05, 0.1) is 29.5 Å². The van der Waals surface area contributed by atoms with Gasteiger partial charge in [-0.05, 0) is 56.6 Å². The van der Waals surface area contributed by atoms with Gasteiger partial charge in [0.2, 0.25) is 11.7 Å². The normalized spacial score (nSPS) is 23.2. The molecule has 2 amide bonds. The number of aliphatic hydroxyl groups excluding tert-OH is 2. The molecular formula is C31H38Cl2N6O8. The van der Waals surface area contributed by atoms with Crippen molar-refractivity contribution in [1.29, 1.82) is 0 Å². The molecule has 16 heteroatoms. The number of aromatic hydroxyl groups is 1. The summed E-state index contributed by atoms with van der Waals surface area (Å²) in [5, 5.41) is 51.4. The monoisotopic (exact) mass is 692 g/mol. The molecule has 1 aromatic heterocycles. The summed E-state index contributed by atoms with van der Waals surface area (Å²) in [6.45, 7) is 0.207. The molecule has 5 rings (SSSR count). The first kappa shape index (κ1) is 37.2. The minimum Gasteiger partial charge on any atom is -0.508 e. The number of fused-ring (bicyclic) bond motifs is 3. The lowest BCUT2D eigenvalue weighted by Crippen LogP contribution is -2.65. The molecule has 47 heavy (non-hydrogen) atoms. The lowest BCUT2D eigenvalue weighted by molar-refractivity contribution is -0.153. The second-order valence-electron chi connectivity index (χ2n) is 12.0. The maximum absolute atomic E-state index is 14.1. The van der Waals surface area contributed by atoms with Crippen molar-refractivity contribution in [1.82, 2.24) is 15.2 Å². The summed E-state index contributed by atoms with van der Waals surface area (Å²) < 4.78 is 0. The number of primary amides is 1. The Bertz CT molecular complexity index is 1680. The molecule has 0 saturated heterocycles. The van der Waals surface area contributed by atoms with Crippen molar-refractivity contribution in [3.63, 3.8) is 0 Å². The number of carbonyl (C=O) groups is 4. The second kappa shape index (κ2) is 13.9. The van der Waals surface area contributed by atoms with E-state index in [1.54, 1.807) is 57.5 Å². The zero-order valence-electron chi connectivity index (χ0n) is 26.1. The number of aromatic nitrogens is 1. The summed E-state index contributed by atoms with van der Waals surface area (Å²) in [5.41, 5.74) is 3.10. The Morgan fingerprint density at radius 3 is 2.36 bits per heavy atom. The largest absolute Gasteiger partial charge is 0.508 e. The molecule has 1 aromatic carbocycles. The molecular weight excluding hydrogens is 655 g/mol. The Kier molecular flexibility index (Phi) is 11.0. The number of amides is 2. The maximum Gasteiger partial charge on any atom is 0.255 e. The lowest BCUT2D eigenvalue weighted by Gasteiger charge is -2.50. The number of carbonyl (C=O) groups excluding carboxylic acids is 4. The minimum absolute atomic E-state index is 0. The highest BCUT2D eigenvalue weighted by Crippen LogP contribution is 2.54. The fraction of sp³-hybridized carbons (Fsp3) is 0.387. The van der Waals surface area contributed by atoms with Gasteiger partial charge in [0.25, 0.3) is 5.91 Å². The number of rotatable bonds is 8. The summed E-state index contributed by atoms with van der Waals surface area (Å²) >= 11 is 0. The molecule has 1 heterocycles. The second-order valence-corrected chi connectivity index (χ2v) is 12.0. The number of hydrogen-bond acceptors (Lipinski definition) is 12. The third-order valence-electron chi connectivity index (χ3n) is 8.77. The first-order valence-electron chi connectivity index (χ1n) is 14.3. The fourth-order valence-electron chi connectivity index (χ4n) is 6.79. The van der Waals surface area contributed by atoms with Crippen LogP contribution >= 0.6 is 24.8 Å². The van der Waals surface area contributed by atoms with E-state index in [4.69, 9.17) is 5.73 Å². The Morgan fingerprint density at radius 1 is 1.11 bits per heavy atom. The highest BCUT2D eigenvalue weighted by Gasteiger charge is 2.64. The molecule has 254 valence electrons. The molecule has 3 aliphatic carbocycles. The summed E-state index contributed by atoms with van der Waals surface area (Å²) in [6.07, 6.45) is 1.73. The van der Waals surface area contributed by atoms with Crippen molar-refractivity contribution < 1.29 is 39.6 Å². The van der Waals surface area contributed by atoms with E-state index in [9.17, 15) is 39.6 Å². The maximum atomic E-state index is 14.1. The van der Waals surface area contributed by atoms with Crippen molar-refractivity contribution in [3.05, 3.63) is 64.2 Å². The number of benzene rings is 1. The quantitative estimate of drug-likeness (QED) is 0.152. The van der Waals surface area contributed by atoms with Crippen LogP contribution in [0, 0.1) is 11.8 Å². The van der Waals surface area contributed by atoms with E-state index in [1.165, 1.54) is 4.90 Å². The molecule has 1 saturated carbocycles. The number of likely N-dealkylation sites (N-methyl/N-ethyl adjacent to an activating group) is 1. The van der Waals surface area contributed by atoms with Crippen molar-refractivity contribution in [2.75, 3.05) is 45.0 Å². The Balaban J connectivity index is 0.00000300. The van der Waals surface area contributed by atoms with Crippen LogP contribution in [0.1, 0.15) is 23.2 Å². The molecule has 2 aromatic rings. The van der Waals surface area contributed by atoms with Crippen LogP contribution in [0.4, 0.5) is 11.4 Å². The number of pyridine rings is 1. The number of ketones is 2. The number of Topliss-reactive ketones (excluding diaryl/α,β-unsaturated/α-hetero) is 2. The number of phenols is 1. The van der Waals surface area contributed by atoms with Crippen LogP contribution in [0.5, 0.6) is 5.75 Å². The molecule has 2 unspecified atom stereocenters. The molecule has 0 bridgehead atoms. The van der Waals surface area contributed by atoms with Gasteiger partial charge >= 0.3 is 0 Å². The van der Waals surface area contributed by atoms with Gasteiger partial charge in [-0.15, -0.1) is 24.8 Å². The molecule has 3 aliphatic rings. The van der Waals surface area contributed by atoms with E-state index in [0.717, 1.165) is 5.69 Å². The van der Waals surface area contributed by atoms with Gasteiger partial charge in [-0.2, -0.15) is 0 Å². The summed E-state index contributed by atoms with van der Waals surface area (Å²) in [7, 11) is 6.56. The van der Waals surface area contributed by atoms with Crippen LogP contribution in [-0.4, -0.2) is 100 Å². The predicted octanol–water partition coefficient (Wildman–Crippen LogP) is 0.997. The number of nitrogens with one attached hydrogen (secondary N) is 2. The van der Waals surface area contributed by atoms with Crippen LogP contribution in [0.15, 0.2) is 47.4 Å². The average Bonchev–Trinajstić information content (AvgIpc) is 2.96. The summed E-state index contributed by atoms with van der Waals surface area (Å²) in [5.74, 6) is -7.92. The number of anilines is 2. The van der Waals surface area contributed by atoms with Crippen LogP contribution in [0.25, 0.3) is 5.76 Å². The lowest BCUT2D eigenvalue weighted by atomic mass is 9.57. The Labute approximate surface area is 283 Å².